The predicted octanol–water partition coefficient (Wildman–Crippen LogP) is 4.11. The van der Waals surface area contributed by atoms with Crippen molar-refractivity contribution in [2.24, 2.45) is 0 Å². The lowest BCUT2D eigenvalue weighted by Gasteiger charge is -2.06. The number of fused-ring (bicyclic) bond motifs is 1. The lowest BCUT2D eigenvalue weighted by atomic mass is 10.1. The molecule has 5 nitrogen and oxygen atoms in total. The highest BCUT2D eigenvalue weighted by atomic mass is 16.1. The molecule has 0 bridgehead atoms. The van der Waals surface area contributed by atoms with E-state index in [9.17, 15) is 4.79 Å². The zero-order valence-electron chi connectivity index (χ0n) is 14.4. The third-order valence-corrected chi connectivity index (χ3v) is 4.28. The highest BCUT2D eigenvalue weighted by Crippen LogP contribution is 2.19. The Morgan fingerprint density at radius 1 is 1.12 bits per heavy atom. The predicted molar refractivity (Wildman–Crippen MR) is 102 cm³/mol. The largest absolute Gasteiger partial charge is 0.346 e. The van der Waals surface area contributed by atoms with Crippen LogP contribution in [0.2, 0.25) is 0 Å². The third-order valence-electron chi connectivity index (χ3n) is 4.28. The van der Waals surface area contributed by atoms with E-state index < -0.39 is 0 Å². The van der Waals surface area contributed by atoms with Crippen LogP contribution in [0, 0.1) is 6.92 Å². The summed E-state index contributed by atoms with van der Waals surface area (Å²) in [6, 6.07) is 15.3. The summed E-state index contributed by atoms with van der Waals surface area (Å²) in [4.78, 5) is 24.1. The van der Waals surface area contributed by atoms with Crippen molar-refractivity contribution in [3.8, 4) is 0 Å². The van der Waals surface area contributed by atoms with Crippen LogP contribution in [-0.4, -0.2) is 20.9 Å². The number of rotatable bonds is 4. The Bertz CT molecular complexity index is 1070. The molecule has 0 atom stereocenters. The molecule has 3 heterocycles. The average molecular weight is 342 g/mol. The number of aromatic nitrogens is 3. The topological polar surface area (TPSA) is 70.7 Å². The Hall–Kier alpha value is -3.47. The molecule has 0 aliphatic heterocycles. The number of carbonyl (C=O) groups excluding carboxylic acids is 1. The highest BCUT2D eigenvalue weighted by Gasteiger charge is 2.08. The fraction of sp³-hybridized carbons (Fsp3) is 0.0952. The number of benzene rings is 1. The van der Waals surface area contributed by atoms with Gasteiger partial charge in [0.1, 0.15) is 11.5 Å². The van der Waals surface area contributed by atoms with Crippen molar-refractivity contribution in [1.29, 1.82) is 0 Å². The summed E-state index contributed by atoms with van der Waals surface area (Å²) >= 11 is 0. The maximum Gasteiger partial charge on any atom is 0.256 e. The number of hydrogen-bond acceptors (Lipinski definition) is 3. The minimum Gasteiger partial charge on any atom is -0.346 e. The lowest BCUT2D eigenvalue weighted by Crippen LogP contribution is -2.13. The normalized spacial score (nSPS) is 10.8. The number of hydrogen-bond donors (Lipinski definition) is 2. The minimum absolute atomic E-state index is 0.156. The first kappa shape index (κ1) is 16.0. The number of nitrogens with one attached hydrogen (secondary N) is 2. The van der Waals surface area contributed by atoms with Crippen LogP contribution in [0.3, 0.4) is 0 Å². The molecule has 0 spiro atoms. The Morgan fingerprint density at radius 3 is 2.85 bits per heavy atom. The molecule has 0 aliphatic carbocycles. The van der Waals surface area contributed by atoms with Gasteiger partial charge in [0.05, 0.1) is 0 Å². The fourth-order valence-corrected chi connectivity index (χ4v) is 2.96. The first-order valence-electron chi connectivity index (χ1n) is 8.43. The number of aromatic amines is 1. The fourth-order valence-electron chi connectivity index (χ4n) is 2.96. The van der Waals surface area contributed by atoms with Crippen molar-refractivity contribution in [3.63, 3.8) is 0 Å². The maximum absolute atomic E-state index is 12.3. The summed E-state index contributed by atoms with van der Waals surface area (Å²) < 4.78 is 0. The number of anilines is 1. The van der Waals surface area contributed by atoms with E-state index in [0.29, 0.717) is 11.4 Å². The molecule has 0 saturated heterocycles. The van der Waals surface area contributed by atoms with Crippen molar-refractivity contribution in [3.05, 3.63) is 89.4 Å². The molecule has 0 aliphatic rings. The molecule has 0 fully saturated rings. The SMILES string of the molecule is Cc1cccc(C(=O)Nc2ccc(Cc3c[nH]c4ncccc34)cn2)c1. The maximum atomic E-state index is 12.3. The highest BCUT2D eigenvalue weighted by molar-refractivity contribution is 6.03. The molecule has 1 amide bonds. The lowest BCUT2D eigenvalue weighted by molar-refractivity contribution is 0.102. The van der Waals surface area contributed by atoms with Gasteiger partial charge in [-0.2, -0.15) is 0 Å². The van der Waals surface area contributed by atoms with Crippen molar-refractivity contribution in [2.75, 3.05) is 5.32 Å². The van der Waals surface area contributed by atoms with E-state index in [1.165, 1.54) is 5.56 Å². The van der Waals surface area contributed by atoms with Gasteiger partial charge in [-0.1, -0.05) is 23.8 Å². The summed E-state index contributed by atoms with van der Waals surface area (Å²) in [6.07, 6.45) is 6.30. The Morgan fingerprint density at radius 2 is 2.04 bits per heavy atom. The van der Waals surface area contributed by atoms with Gasteiger partial charge in [-0.25, -0.2) is 9.97 Å². The Balaban J connectivity index is 1.47. The Labute approximate surface area is 151 Å². The number of carbonyl (C=O) groups is 1. The van der Waals surface area contributed by atoms with E-state index in [4.69, 9.17) is 0 Å². The van der Waals surface area contributed by atoms with E-state index in [2.05, 4.69) is 26.3 Å². The van der Waals surface area contributed by atoms with Crippen LogP contribution in [0.15, 0.2) is 67.1 Å². The molecule has 2 N–H and O–H groups in total. The van der Waals surface area contributed by atoms with Crippen LogP contribution < -0.4 is 5.32 Å². The third kappa shape index (κ3) is 3.32. The minimum atomic E-state index is -0.156. The summed E-state index contributed by atoms with van der Waals surface area (Å²) in [7, 11) is 0. The molecule has 0 saturated carbocycles. The molecular formula is C21H18N4O. The van der Waals surface area contributed by atoms with E-state index >= 15 is 0 Å². The summed E-state index contributed by atoms with van der Waals surface area (Å²) in [6.45, 7) is 1.96. The number of amides is 1. The van der Waals surface area contributed by atoms with Crippen molar-refractivity contribution < 1.29 is 4.79 Å². The van der Waals surface area contributed by atoms with Gasteiger partial charge in [0.15, 0.2) is 0 Å². The molecule has 4 aromatic rings. The molecule has 1 aromatic carbocycles. The summed E-state index contributed by atoms with van der Waals surface area (Å²) in [5.41, 5.74) is 4.81. The molecule has 0 unspecified atom stereocenters. The monoisotopic (exact) mass is 342 g/mol. The van der Waals surface area contributed by atoms with Gasteiger partial charge in [0, 0.05) is 36.0 Å². The molecule has 3 aromatic heterocycles. The van der Waals surface area contributed by atoms with Gasteiger partial charge in [0.25, 0.3) is 5.91 Å². The van der Waals surface area contributed by atoms with Crippen LogP contribution in [0.25, 0.3) is 11.0 Å². The van der Waals surface area contributed by atoms with Gasteiger partial charge in [0.2, 0.25) is 0 Å². The average Bonchev–Trinajstić information content (AvgIpc) is 3.06. The van der Waals surface area contributed by atoms with Crippen LogP contribution in [0.5, 0.6) is 0 Å². The molecule has 26 heavy (non-hydrogen) atoms. The Kier molecular flexibility index (Phi) is 4.19. The number of H-pyrrole nitrogens is 1. The van der Waals surface area contributed by atoms with E-state index in [0.717, 1.165) is 28.6 Å². The van der Waals surface area contributed by atoms with Crippen molar-refractivity contribution >= 4 is 22.8 Å². The zero-order valence-corrected chi connectivity index (χ0v) is 14.4. The van der Waals surface area contributed by atoms with Gasteiger partial charge in [-0.3, -0.25) is 4.79 Å². The summed E-state index contributed by atoms with van der Waals surface area (Å²) in [5.74, 6) is 0.387. The smallest absolute Gasteiger partial charge is 0.256 e. The summed E-state index contributed by atoms with van der Waals surface area (Å²) in [5, 5.41) is 3.95. The standard InChI is InChI=1S/C21H18N4O/c1-14-4-2-5-16(10-14)21(26)25-19-8-7-15(12-23-19)11-17-13-24-20-18(17)6-3-9-22-20/h2-10,12-13H,11H2,1H3,(H,22,24)(H,23,25,26). The second-order valence-corrected chi connectivity index (χ2v) is 6.27. The van der Waals surface area contributed by atoms with Gasteiger partial charge in [-0.05, 0) is 48.4 Å². The molecular weight excluding hydrogens is 324 g/mol. The first-order chi connectivity index (χ1) is 12.7. The van der Waals surface area contributed by atoms with Crippen molar-refractivity contribution in [1.82, 2.24) is 15.0 Å². The van der Waals surface area contributed by atoms with E-state index in [-0.39, 0.29) is 5.91 Å². The molecule has 4 rings (SSSR count). The quantitative estimate of drug-likeness (QED) is 0.586. The number of aryl methyl sites for hydroxylation is 1. The zero-order chi connectivity index (χ0) is 17.9. The number of pyridine rings is 2. The van der Waals surface area contributed by atoms with Crippen LogP contribution in [0.4, 0.5) is 5.82 Å². The van der Waals surface area contributed by atoms with Crippen LogP contribution >= 0.6 is 0 Å². The van der Waals surface area contributed by atoms with Crippen LogP contribution in [-0.2, 0) is 6.42 Å². The van der Waals surface area contributed by atoms with E-state index in [1.54, 1.807) is 18.5 Å². The van der Waals surface area contributed by atoms with Gasteiger partial charge in [-0.15, -0.1) is 0 Å². The van der Waals surface area contributed by atoms with Gasteiger partial charge >= 0.3 is 0 Å². The first-order valence-corrected chi connectivity index (χ1v) is 8.43. The van der Waals surface area contributed by atoms with E-state index in [1.807, 2.05) is 49.5 Å². The molecule has 128 valence electrons. The van der Waals surface area contributed by atoms with Gasteiger partial charge < -0.3 is 10.3 Å². The second kappa shape index (κ2) is 6.80. The molecule has 5 heteroatoms. The second-order valence-electron chi connectivity index (χ2n) is 6.27. The molecule has 0 radical (unpaired) electrons. The van der Waals surface area contributed by atoms with Crippen LogP contribution in [0.1, 0.15) is 27.0 Å². The number of nitrogens with zero attached hydrogens (tertiary/aromatic N) is 2. The van der Waals surface area contributed by atoms with Crippen molar-refractivity contribution in [2.45, 2.75) is 13.3 Å².